The molecule has 0 bridgehead atoms. The predicted molar refractivity (Wildman–Crippen MR) is 76.0 cm³/mol. The van der Waals surface area contributed by atoms with E-state index < -0.39 is 11.0 Å². The molecule has 1 fully saturated rings. The number of rotatable bonds is 4. The molecular weight excluding hydrogens is 254 g/mol. The third kappa shape index (κ3) is 3.34. The first-order valence-electron chi connectivity index (χ1n) is 7.02. The summed E-state index contributed by atoms with van der Waals surface area (Å²) in [5, 5.41) is 23.5. The lowest BCUT2D eigenvalue weighted by atomic mass is 9.85. The van der Waals surface area contributed by atoms with Gasteiger partial charge in [-0.2, -0.15) is 5.26 Å². The number of hydrogen-bond acceptors (Lipinski definition) is 4. The van der Waals surface area contributed by atoms with Crippen molar-refractivity contribution in [2.45, 2.75) is 44.7 Å². The fraction of sp³-hybridized carbons (Fsp3) is 0.533. The van der Waals surface area contributed by atoms with E-state index in [0.717, 1.165) is 6.42 Å². The molecule has 0 spiro atoms. The van der Waals surface area contributed by atoms with Gasteiger partial charge >= 0.3 is 0 Å². The second-order valence-electron chi connectivity index (χ2n) is 5.45. The molecule has 1 saturated carbocycles. The van der Waals surface area contributed by atoms with Gasteiger partial charge < -0.3 is 0 Å². The van der Waals surface area contributed by atoms with E-state index in [4.69, 9.17) is 0 Å². The average molecular weight is 273 g/mol. The lowest BCUT2D eigenvalue weighted by Crippen LogP contribution is -2.39. The van der Waals surface area contributed by atoms with Crippen LogP contribution in [0.15, 0.2) is 24.3 Å². The molecule has 1 aliphatic carbocycles. The Morgan fingerprint density at radius 2 is 2.20 bits per heavy atom. The van der Waals surface area contributed by atoms with E-state index in [-0.39, 0.29) is 5.69 Å². The molecule has 1 aliphatic rings. The highest BCUT2D eigenvalue weighted by Gasteiger charge is 2.25. The highest BCUT2D eigenvalue weighted by Crippen LogP contribution is 2.27. The number of nitrogens with one attached hydrogen (secondary N) is 1. The van der Waals surface area contributed by atoms with Crippen molar-refractivity contribution in [3.63, 3.8) is 0 Å². The number of nitrogens with zero attached hydrogens (tertiary/aromatic N) is 2. The normalized spacial score (nSPS) is 23.8. The molecule has 1 aromatic rings. The molecule has 3 atom stereocenters. The van der Waals surface area contributed by atoms with Gasteiger partial charge in [0, 0.05) is 18.2 Å². The lowest BCUT2D eigenvalue weighted by Gasteiger charge is -2.31. The Hall–Kier alpha value is -1.93. The van der Waals surface area contributed by atoms with Gasteiger partial charge in [-0.3, -0.25) is 15.4 Å². The number of non-ortho nitro benzene ring substituents is 1. The summed E-state index contributed by atoms with van der Waals surface area (Å²) in [5.74, 6) is 0.540. The van der Waals surface area contributed by atoms with Crippen LogP contribution in [-0.2, 0) is 0 Å². The number of benzene rings is 1. The molecule has 1 aromatic carbocycles. The van der Waals surface area contributed by atoms with Gasteiger partial charge in [-0.15, -0.1) is 0 Å². The molecule has 0 amide bonds. The van der Waals surface area contributed by atoms with Crippen molar-refractivity contribution in [2.24, 2.45) is 5.92 Å². The molecule has 0 radical (unpaired) electrons. The molecule has 0 aliphatic heterocycles. The highest BCUT2D eigenvalue weighted by atomic mass is 16.6. The van der Waals surface area contributed by atoms with Crippen LogP contribution in [-0.4, -0.2) is 11.0 Å². The minimum atomic E-state index is -0.486. The van der Waals surface area contributed by atoms with Gasteiger partial charge in [0.25, 0.3) is 5.69 Å². The summed E-state index contributed by atoms with van der Waals surface area (Å²) in [6, 6.07) is 8.37. The van der Waals surface area contributed by atoms with Crippen molar-refractivity contribution in [3.8, 4) is 6.07 Å². The summed E-state index contributed by atoms with van der Waals surface area (Å²) in [6.07, 6.45) is 4.65. The average Bonchev–Trinajstić information content (AvgIpc) is 2.46. The van der Waals surface area contributed by atoms with E-state index in [1.807, 2.05) is 0 Å². The summed E-state index contributed by atoms with van der Waals surface area (Å²) in [4.78, 5) is 10.4. The van der Waals surface area contributed by atoms with E-state index in [1.165, 1.54) is 31.4 Å². The van der Waals surface area contributed by atoms with Crippen LogP contribution in [0.3, 0.4) is 0 Å². The number of nitro benzene ring substituents is 1. The minimum absolute atomic E-state index is 0.0289. The third-order valence-electron chi connectivity index (χ3n) is 4.04. The van der Waals surface area contributed by atoms with Gasteiger partial charge in [-0.25, -0.2) is 0 Å². The maximum absolute atomic E-state index is 10.8. The quantitative estimate of drug-likeness (QED) is 0.674. The summed E-state index contributed by atoms with van der Waals surface area (Å²) in [5.41, 5.74) is 0.695. The maximum atomic E-state index is 10.8. The number of hydrogen-bond donors (Lipinski definition) is 1. The van der Waals surface area contributed by atoms with Crippen LogP contribution in [0, 0.1) is 27.4 Å². The lowest BCUT2D eigenvalue weighted by molar-refractivity contribution is -0.384. The summed E-state index contributed by atoms with van der Waals surface area (Å²) in [7, 11) is 0. The predicted octanol–water partition coefficient (Wildman–Crippen LogP) is 3.33. The van der Waals surface area contributed by atoms with Crippen LogP contribution < -0.4 is 5.32 Å². The molecule has 5 nitrogen and oxygen atoms in total. The molecule has 0 heterocycles. The smallest absolute Gasteiger partial charge is 0.269 e. The Balaban J connectivity index is 2.14. The molecule has 2 rings (SSSR count). The zero-order valence-electron chi connectivity index (χ0n) is 11.6. The standard InChI is InChI=1S/C15H19N3O2/c1-11-5-2-3-8-14(11)17-15(10-16)12-6-4-7-13(9-12)18(19)20/h4,6-7,9,11,14-15,17H,2-3,5,8H2,1H3. The Labute approximate surface area is 118 Å². The van der Waals surface area contributed by atoms with Crippen molar-refractivity contribution in [2.75, 3.05) is 0 Å². The summed E-state index contributed by atoms with van der Waals surface area (Å²) >= 11 is 0. The molecule has 0 aromatic heterocycles. The van der Waals surface area contributed by atoms with Gasteiger partial charge in [0.1, 0.15) is 6.04 Å². The molecule has 5 heteroatoms. The van der Waals surface area contributed by atoms with E-state index in [2.05, 4.69) is 18.3 Å². The Morgan fingerprint density at radius 3 is 2.85 bits per heavy atom. The third-order valence-corrected chi connectivity index (χ3v) is 4.04. The molecule has 0 saturated heterocycles. The Kier molecular flexibility index (Phi) is 4.70. The summed E-state index contributed by atoms with van der Waals surface area (Å²) < 4.78 is 0. The molecule has 106 valence electrons. The van der Waals surface area contributed by atoms with Crippen molar-refractivity contribution < 1.29 is 4.92 Å². The van der Waals surface area contributed by atoms with Crippen molar-refractivity contribution in [1.82, 2.24) is 5.32 Å². The van der Waals surface area contributed by atoms with E-state index in [0.29, 0.717) is 17.5 Å². The first-order valence-corrected chi connectivity index (χ1v) is 7.02. The van der Waals surface area contributed by atoms with Crippen molar-refractivity contribution >= 4 is 5.69 Å². The van der Waals surface area contributed by atoms with Gasteiger partial charge in [0.2, 0.25) is 0 Å². The van der Waals surface area contributed by atoms with E-state index in [1.54, 1.807) is 12.1 Å². The number of nitriles is 1. The van der Waals surface area contributed by atoms with Crippen LogP contribution >= 0.6 is 0 Å². The highest BCUT2D eigenvalue weighted by molar-refractivity contribution is 5.37. The molecular formula is C15H19N3O2. The SMILES string of the molecule is CC1CCCCC1NC(C#N)c1cccc([N+](=O)[O-])c1. The van der Waals surface area contributed by atoms with Crippen LogP contribution in [0.25, 0.3) is 0 Å². The topological polar surface area (TPSA) is 79.0 Å². The second-order valence-corrected chi connectivity index (χ2v) is 5.45. The zero-order valence-corrected chi connectivity index (χ0v) is 11.6. The van der Waals surface area contributed by atoms with Crippen LogP contribution in [0.1, 0.15) is 44.2 Å². The Morgan fingerprint density at radius 1 is 1.45 bits per heavy atom. The van der Waals surface area contributed by atoms with Gasteiger partial charge in [-0.1, -0.05) is 31.9 Å². The Bertz CT molecular complexity index is 524. The van der Waals surface area contributed by atoms with Crippen LogP contribution in [0.2, 0.25) is 0 Å². The van der Waals surface area contributed by atoms with Crippen molar-refractivity contribution in [1.29, 1.82) is 5.26 Å². The van der Waals surface area contributed by atoms with Gasteiger partial charge in [-0.05, 0) is 24.3 Å². The fourth-order valence-electron chi connectivity index (χ4n) is 2.80. The van der Waals surface area contributed by atoms with Crippen LogP contribution in [0.4, 0.5) is 5.69 Å². The van der Waals surface area contributed by atoms with Crippen LogP contribution in [0.5, 0.6) is 0 Å². The van der Waals surface area contributed by atoms with Gasteiger partial charge in [0.15, 0.2) is 0 Å². The molecule has 1 N–H and O–H groups in total. The number of nitro groups is 1. The maximum Gasteiger partial charge on any atom is 0.269 e. The monoisotopic (exact) mass is 273 g/mol. The first kappa shape index (κ1) is 14.5. The van der Waals surface area contributed by atoms with Gasteiger partial charge in [0.05, 0.1) is 11.0 Å². The largest absolute Gasteiger partial charge is 0.295 e. The zero-order chi connectivity index (χ0) is 14.5. The van der Waals surface area contributed by atoms with Crippen molar-refractivity contribution in [3.05, 3.63) is 39.9 Å². The minimum Gasteiger partial charge on any atom is -0.295 e. The van der Waals surface area contributed by atoms with E-state index in [9.17, 15) is 15.4 Å². The first-order chi connectivity index (χ1) is 9.61. The molecule has 20 heavy (non-hydrogen) atoms. The summed E-state index contributed by atoms with van der Waals surface area (Å²) in [6.45, 7) is 2.19. The second kappa shape index (κ2) is 6.49. The molecule has 3 unspecified atom stereocenters. The van der Waals surface area contributed by atoms with E-state index >= 15 is 0 Å². The fourth-order valence-corrected chi connectivity index (χ4v) is 2.80.